The zero-order chi connectivity index (χ0) is 23.0. The summed E-state index contributed by atoms with van der Waals surface area (Å²) < 4.78 is 67.3. The summed E-state index contributed by atoms with van der Waals surface area (Å²) in [5.41, 5.74) is -0.529. The minimum Gasteiger partial charge on any atom is -0.323 e. The number of benzene rings is 2. The van der Waals surface area contributed by atoms with E-state index in [0.29, 0.717) is 6.07 Å². The van der Waals surface area contributed by atoms with Crippen molar-refractivity contribution in [3.63, 3.8) is 0 Å². The predicted octanol–water partition coefficient (Wildman–Crippen LogP) is 2.38. The fraction of sp³-hybridized carbons (Fsp3) is 0.250. The van der Waals surface area contributed by atoms with Crippen LogP contribution in [0.1, 0.15) is 12.8 Å². The molecule has 2 N–H and O–H groups in total. The van der Waals surface area contributed by atoms with Gasteiger partial charge < -0.3 is 10.3 Å². The summed E-state index contributed by atoms with van der Waals surface area (Å²) in [6.07, 6.45) is 1.43. The third kappa shape index (κ3) is 4.10. The molecule has 1 aliphatic heterocycles. The van der Waals surface area contributed by atoms with Gasteiger partial charge in [-0.25, -0.2) is 26.6 Å². The molecule has 2 heterocycles. The second kappa shape index (κ2) is 8.36. The van der Waals surface area contributed by atoms with Crippen molar-refractivity contribution in [1.82, 2.24) is 14.3 Å². The van der Waals surface area contributed by atoms with Crippen LogP contribution < -0.4 is 10.9 Å². The third-order valence-electron chi connectivity index (χ3n) is 5.34. The molecule has 1 aliphatic rings. The van der Waals surface area contributed by atoms with Gasteiger partial charge in [-0.05, 0) is 37.1 Å². The zero-order valence-corrected chi connectivity index (χ0v) is 17.3. The Morgan fingerprint density at radius 2 is 1.78 bits per heavy atom. The lowest BCUT2D eigenvalue weighted by Gasteiger charge is -2.30. The predicted molar refractivity (Wildman–Crippen MR) is 109 cm³/mol. The number of anilines is 1. The summed E-state index contributed by atoms with van der Waals surface area (Å²) in [6, 6.07) is 4.56. The first-order valence-electron chi connectivity index (χ1n) is 9.60. The highest BCUT2D eigenvalue weighted by molar-refractivity contribution is 7.89. The molecule has 1 fully saturated rings. The molecule has 0 atom stereocenters. The number of piperidine rings is 1. The fourth-order valence-electron chi connectivity index (χ4n) is 3.56. The van der Waals surface area contributed by atoms with Gasteiger partial charge >= 0.3 is 0 Å². The van der Waals surface area contributed by atoms with E-state index >= 15 is 0 Å². The summed E-state index contributed by atoms with van der Waals surface area (Å²) in [5, 5.41) is 2.55. The molecule has 0 radical (unpaired) electrons. The minimum absolute atomic E-state index is 0.0246. The van der Waals surface area contributed by atoms with Gasteiger partial charge in [0.1, 0.15) is 5.82 Å². The molecule has 1 saturated heterocycles. The molecule has 3 aromatic rings. The van der Waals surface area contributed by atoms with Crippen molar-refractivity contribution in [2.24, 2.45) is 5.92 Å². The lowest BCUT2D eigenvalue weighted by atomic mass is 9.97. The van der Waals surface area contributed by atoms with Gasteiger partial charge in [-0.3, -0.25) is 9.59 Å². The monoisotopic (exact) mass is 466 g/mol. The molecule has 0 spiro atoms. The van der Waals surface area contributed by atoms with Crippen molar-refractivity contribution >= 4 is 32.5 Å². The van der Waals surface area contributed by atoms with Crippen molar-refractivity contribution in [3.05, 3.63) is 64.5 Å². The number of nitrogens with one attached hydrogen (secondary N) is 2. The largest absolute Gasteiger partial charge is 0.323 e. The van der Waals surface area contributed by atoms with E-state index in [1.54, 1.807) is 0 Å². The van der Waals surface area contributed by atoms with E-state index in [9.17, 15) is 31.2 Å². The Morgan fingerprint density at radius 3 is 2.47 bits per heavy atom. The standard InChI is InChI=1S/C20H17F3N4O4S/c21-14-2-1-12(7-15(14)22)32(30,31)27-5-3-11(4-6-27)19(28)26-18-8-13-17(9-16(18)23)24-10-25-20(13)29/h1-2,7-11H,3-6H2,(H,26,28)(H,24,25,29). The van der Waals surface area contributed by atoms with E-state index in [0.717, 1.165) is 28.8 Å². The van der Waals surface area contributed by atoms with E-state index in [4.69, 9.17) is 0 Å². The van der Waals surface area contributed by atoms with Crippen LogP contribution in [0.15, 0.2) is 46.3 Å². The number of H-pyrrole nitrogens is 1. The highest BCUT2D eigenvalue weighted by Gasteiger charge is 2.32. The number of sulfonamides is 1. The van der Waals surface area contributed by atoms with Gasteiger partial charge in [0.05, 0.1) is 27.8 Å². The van der Waals surface area contributed by atoms with Gasteiger partial charge in [0.15, 0.2) is 11.6 Å². The van der Waals surface area contributed by atoms with Gasteiger partial charge in [-0.15, -0.1) is 0 Å². The number of carbonyl (C=O) groups is 1. The van der Waals surface area contributed by atoms with Crippen LogP contribution in [0, 0.1) is 23.4 Å². The first kappa shape index (κ1) is 22.0. The topological polar surface area (TPSA) is 112 Å². The summed E-state index contributed by atoms with van der Waals surface area (Å²) in [5.74, 6) is -4.31. The van der Waals surface area contributed by atoms with Crippen LogP contribution >= 0.6 is 0 Å². The number of rotatable bonds is 4. The lowest BCUT2D eigenvalue weighted by molar-refractivity contribution is -0.120. The molecular weight excluding hydrogens is 449 g/mol. The molecule has 32 heavy (non-hydrogen) atoms. The number of fused-ring (bicyclic) bond motifs is 1. The summed E-state index contributed by atoms with van der Waals surface area (Å²) >= 11 is 0. The average molecular weight is 466 g/mol. The van der Waals surface area contributed by atoms with Crippen LogP contribution in [0.2, 0.25) is 0 Å². The van der Waals surface area contributed by atoms with Crippen LogP contribution in [0.25, 0.3) is 10.9 Å². The number of carbonyl (C=O) groups excluding carboxylic acids is 1. The van der Waals surface area contributed by atoms with Crippen LogP contribution in [0.5, 0.6) is 0 Å². The highest BCUT2D eigenvalue weighted by Crippen LogP contribution is 2.27. The maximum Gasteiger partial charge on any atom is 0.258 e. The van der Waals surface area contributed by atoms with Gasteiger partial charge in [0, 0.05) is 25.1 Å². The zero-order valence-electron chi connectivity index (χ0n) is 16.4. The van der Waals surface area contributed by atoms with Gasteiger partial charge in [-0.2, -0.15) is 4.31 Å². The number of aromatic nitrogens is 2. The molecule has 0 unspecified atom stereocenters. The van der Waals surface area contributed by atoms with Crippen molar-refractivity contribution in [3.8, 4) is 0 Å². The number of aromatic amines is 1. The maximum absolute atomic E-state index is 14.3. The summed E-state index contributed by atoms with van der Waals surface area (Å²) in [6.45, 7) is -0.0492. The maximum atomic E-state index is 14.3. The molecule has 12 heteroatoms. The Hall–Kier alpha value is -3.25. The molecule has 4 rings (SSSR count). The Morgan fingerprint density at radius 1 is 1.06 bits per heavy atom. The summed E-state index contributed by atoms with van der Waals surface area (Å²) in [7, 11) is -4.06. The van der Waals surface area contributed by atoms with E-state index in [-0.39, 0.29) is 47.4 Å². The number of halogens is 3. The Balaban J connectivity index is 1.45. The Bertz CT molecular complexity index is 1370. The fourth-order valence-corrected chi connectivity index (χ4v) is 5.05. The van der Waals surface area contributed by atoms with Crippen LogP contribution in [-0.4, -0.2) is 41.7 Å². The quantitative estimate of drug-likeness (QED) is 0.613. The molecular formula is C20H17F3N4O4S. The number of nitrogens with zero attached hydrogens (tertiary/aromatic N) is 2. The van der Waals surface area contributed by atoms with Gasteiger partial charge in [-0.1, -0.05) is 0 Å². The minimum atomic E-state index is -4.06. The molecule has 8 nitrogen and oxygen atoms in total. The Labute approximate surface area is 180 Å². The first-order valence-corrected chi connectivity index (χ1v) is 11.0. The normalized spacial score (nSPS) is 15.7. The third-order valence-corrected chi connectivity index (χ3v) is 7.24. The number of hydrogen-bond acceptors (Lipinski definition) is 5. The van der Waals surface area contributed by atoms with Crippen LogP contribution in [0.4, 0.5) is 18.9 Å². The molecule has 1 amide bonds. The number of hydrogen-bond donors (Lipinski definition) is 2. The number of amides is 1. The van der Waals surface area contributed by atoms with Crippen molar-refractivity contribution in [2.75, 3.05) is 18.4 Å². The molecule has 0 bridgehead atoms. The molecule has 0 aliphatic carbocycles. The van der Waals surface area contributed by atoms with Crippen molar-refractivity contribution in [2.45, 2.75) is 17.7 Å². The molecule has 2 aromatic carbocycles. The molecule has 1 aromatic heterocycles. The van der Waals surface area contributed by atoms with Gasteiger partial charge in [0.25, 0.3) is 5.56 Å². The van der Waals surface area contributed by atoms with E-state index < -0.39 is 44.9 Å². The second-order valence-electron chi connectivity index (χ2n) is 7.32. The van der Waals surface area contributed by atoms with Gasteiger partial charge in [0.2, 0.25) is 15.9 Å². The summed E-state index contributed by atoms with van der Waals surface area (Å²) in [4.78, 5) is 30.3. The van der Waals surface area contributed by atoms with Crippen LogP contribution in [-0.2, 0) is 14.8 Å². The first-order chi connectivity index (χ1) is 15.2. The smallest absolute Gasteiger partial charge is 0.258 e. The molecule has 0 saturated carbocycles. The average Bonchev–Trinajstić information content (AvgIpc) is 2.76. The SMILES string of the molecule is O=C(Nc1cc2c(=O)[nH]cnc2cc1F)C1CCN(S(=O)(=O)c2ccc(F)c(F)c2)CC1. The van der Waals surface area contributed by atoms with Crippen LogP contribution in [0.3, 0.4) is 0 Å². The lowest BCUT2D eigenvalue weighted by Crippen LogP contribution is -2.41. The second-order valence-corrected chi connectivity index (χ2v) is 9.26. The molecule has 168 valence electrons. The van der Waals surface area contributed by atoms with E-state index in [2.05, 4.69) is 15.3 Å². The van der Waals surface area contributed by atoms with E-state index in [1.165, 1.54) is 6.07 Å². The van der Waals surface area contributed by atoms with E-state index in [1.807, 2.05) is 0 Å². The van der Waals surface area contributed by atoms with Crippen molar-refractivity contribution < 1.29 is 26.4 Å². The Kier molecular flexibility index (Phi) is 5.73. The highest BCUT2D eigenvalue weighted by atomic mass is 32.2. The van der Waals surface area contributed by atoms with Crippen molar-refractivity contribution in [1.29, 1.82) is 0 Å².